The Bertz CT molecular complexity index is 928. The van der Waals surface area contributed by atoms with Crippen LogP contribution in [0.5, 0.6) is 0 Å². The van der Waals surface area contributed by atoms with E-state index in [1.54, 1.807) is 11.0 Å². The molecule has 26 heavy (non-hydrogen) atoms. The molecule has 3 amide bonds. The predicted octanol–water partition coefficient (Wildman–Crippen LogP) is 1.94. The fourth-order valence-electron chi connectivity index (χ4n) is 4.34. The van der Waals surface area contributed by atoms with Crippen LogP contribution in [0.15, 0.2) is 42.6 Å². The quantitative estimate of drug-likeness (QED) is 0.665. The Labute approximate surface area is 150 Å². The highest BCUT2D eigenvalue weighted by atomic mass is 16.2. The van der Waals surface area contributed by atoms with E-state index in [0.717, 1.165) is 10.9 Å². The molecule has 2 aliphatic heterocycles. The van der Waals surface area contributed by atoms with Crippen molar-refractivity contribution >= 4 is 28.6 Å². The topological polar surface area (TPSA) is 73.5 Å². The maximum Gasteiger partial charge on any atom is 0.254 e. The summed E-state index contributed by atoms with van der Waals surface area (Å²) in [5.41, 5.74) is 1.63. The molecule has 2 unspecified atom stereocenters. The highest BCUT2D eigenvalue weighted by Crippen LogP contribution is 2.37. The summed E-state index contributed by atoms with van der Waals surface area (Å²) in [5.74, 6) is -0.575. The van der Waals surface area contributed by atoms with E-state index in [4.69, 9.17) is 0 Å². The Morgan fingerprint density at radius 1 is 1.00 bits per heavy atom. The lowest BCUT2D eigenvalue weighted by molar-refractivity contribution is -0.145. The number of rotatable bonds is 2. The van der Waals surface area contributed by atoms with E-state index in [2.05, 4.69) is 4.98 Å². The van der Waals surface area contributed by atoms with Crippen LogP contribution < -0.4 is 0 Å². The molecule has 0 bridgehead atoms. The Balaban J connectivity index is 1.29. The third-order valence-electron chi connectivity index (χ3n) is 5.86. The van der Waals surface area contributed by atoms with Gasteiger partial charge in [0.25, 0.3) is 5.91 Å². The van der Waals surface area contributed by atoms with Gasteiger partial charge < -0.3 is 9.88 Å². The minimum absolute atomic E-state index is 0.0532. The summed E-state index contributed by atoms with van der Waals surface area (Å²) < 4.78 is 0. The maximum absolute atomic E-state index is 12.7. The summed E-state index contributed by atoms with van der Waals surface area (Å²) >= 11 is 0. The number of aromatic amines is 1. The number of amides is 3. The molecule has 2 fully saturated rings. The fourth-order valence-corrected chi connectivity index (χ4v) is 4.34. The maximum atomic E-state index is 12.7. The Hall–Kier alpha value is -2.89. The van der Waals surface area contributed by atoms with Crippen molar-refractivity contribution < 1.29 is 14.4 Å². The van der Waals surface area contributed by atoms with E-state index in [-0.39, 0.29) is 35.6 Å². The Morgan fingerprint density at radius 2 is 1.69 bits per heavy atom. The lowest BCUT2D eigenvalue weighted by atomic mass is 9.85. The molecule has 0 saturated carbocycles. The minimum Gasteiger partial charge on any atom is -0.361 e. The zero-order valence-electron chi connectivity index (χ0n) is 14.2. The normalized spacial score (nSPS) is 25.7. The highest BCUT2D eigenvalue weighted by Gasteiger charge is 2.52. The van der Waals surface area contributed by atoms with Crippen LogP contribution in [0.1, 0.15) is 23.2 Å². The van der Waals surface area contributed by atoms with Gasteiger partial charge in [-0.1, -0.05) is 12.2 Å². The van der Waals surface area contributed by atoms with Crippen molar-refractivity contribution in [3.8, 4) is 0 Å². The van der Waals surface area contributed by atoms with Gasteiger partial charge in [0.2, 0.25) is 11.8 Å². The van der Waals surface area contributed by atoms with E-state index in [9.17, 15) is 14.4 Å². The van der Waals surface area contributed by atoms with Gasteiger partial charge in [-0.2, -0.15) is 0 Å². The number of carbonyl (C=O) groups excluding carboxylic acids is 3. The number of carbonyl (C=O) groups is 3. The van der Waals surface area contributed by atoms with Crippen LogP contribution in [0.4, 0.5) is 0 Å². The molecule has 132 valence electrons. The second-order valence-corrected chi connectivity index (χ2v) is 7.35. The van der Waals surface area contributed by atoms with Crippen LogP contribution in [0.2, 0.25) is 0 Å². The molecule has 1 aromatic heterocycles. The third-order valence-corrected chi connectivity index (χ3v) is 5.86. The number of nitrogens with one attached hydrogen (secondary N) is 1. The summed E-state index contributed by atoms with van der Waals surface area (Å²) in [5, 5.41) is 0.995. The van der Waals surface area contributed by atoms with Crippen LogP contribution in [-0.4, -0.2) is 51.6 Å². The fraction of sp³-hybridized carbons (Fsp3) is 0.350. The Morgan fingerprint density at radius 3 is 2.38 bits per heavy atom. The first kappa shape index (κ1) is 15.4. The van der Waals surface area contributed by atoms with Crippen molar-refractivity contribution in [2.45, 2.75) is 18.9 Å². The van der Waals surface area contributed by atoms with Gasteiger partial charge in [0, 0.05) is 35.8 Å². The average Bonchev–Trinajstić information content (AvgIpc) is 3.18. The van der Waals surface area contributed by atoms with Crippen LogP contribution >= 0.6 is 0 Å². The predicted molar refractivity (Wildman–Crippen MR) is 95.2 cm³/mol. The number of aromatic nitrogens is 1. The number of allylic oxidation sites excluding steroid dienone is 2. The first-order valence-corrected chi connectivity index (χ1v) is 9.02. The first-order valence-electron chi connectivity index (χ1n) is 9.02. The van der Waals surface area contributed by atoms with Crippen molar-refractivity contribution in [2.24, 2.45) is 11.8 Å². The largest absolute Gasteiger partial charge is 0.361 e. The molecule has 3 heterocycles. The van der Waals surface area contributed by atoms with Crippen LogP contribution in [0, 0.1) is 11.8 Å². The molecule has 2 saturated heterocycles. The second-order valence-electron chi connectivity index (χ2n) is 7.35. The molecule has 1 aromatic carbocycles. The van der Waals surface area contributed by atoms with Gasteiger partial charge in [-0.15, -0.1) is 0 Å². The molecule has 6 nitrogen and oxygen atoms in total. The highest BCUT2D eigenvalue weighted by molar-refractivity contribution is 6.06. The van der Waals surface area contributed by atoms with Crippen LogP contribution in [-0.2, 0) is 9.59 Å². The molecule has 1 aliphatic carbocycles. The molecule has 2 aromatic rings. The molecule has 6 heteroatoms. The number of fused-ring (bicyclic) bond motifs is 2. The number of hydrogen-bond acceptors (Lipinski definition) is 3. The summed E-state index contributed by atoms with van der Waals surface area (Å²) in [7, 11) is 0. The zero-order valence-corrected chi connectivity index (χ0v) is 14.2. The number of benzene rings is 1. The van der Waals surface area contributed by atoms with E-state index in [1.165, 1.54) is 4.90 Å². The minimum atomic E-state index is -0.201. The molecular formula is C20H19N3O3. The molecule has 5 rings (SSSR count). The van der Waals surface area contributed by atoms with Crippen LogP contribution in [0.25, 0.3) is 10.9 Å². The van der Waals surface area contributed by atoms with Gasteiger partial charge >= 0.3 is 0 Å². The number of hydrogen-bond donors (Lipinski definition) is 1. The Kier molecular flexibility index (Phi) is 3.29. The standard InChI is InChI=1S/C20H19N3O3/c24-18(13-5-6-17-12(9-13)7-8-21-17)22-10-14(11-22)23-19(25)15-3-1-2-4-16(15)20(23)26/h1-2,5-9,14-16,21H,3-4,10-11H2. The summed E-state index contributed by atoms with van der Waals surface area (Å²) in [6, 6.07) is 7.32. The van der Waals surface area contributed by atoms with Gasteiger partial charge in [-0.3, -0.25) is 19.3 Å². The number of imide groups is 1. The number of nitrogens with zero attached hydrogens (tertiary/aromatic N) is 2. The van der Waals surface area contributed by atoms with E-state index >= 15 is 0 Å². The number of likely N-dealkylation sites (tertiary alicyclic amines) is 2. The molecule has 0 radical (unpaired) electrons. The lowest BCUT2D eigenvalue weighted by Crippen LogP contribution is -2.62. The van der Waals surface area contributed by atoms with Gasteiger partial charge in [0.15, 0.2) is 0 Å². The van der Waals surface area contributed by atoms with Crippen molar-refractivity contribution in [3.05, 3.63) is 48.2 Å². The first-order chi connectivity index (χ1) is 12.6. The summed E-state index contributed by atoms with van der Waals surface area (Å²) in [6.07, 6.45) is 7.13. The summed E-state index contributed by atoms with van der Waals surface area (Å²) in [6.45, 7) is 0.850. The smallest absolute Gasteiger partial charge is 0.254 e. The van der Waals surface area contributed by atoms with Gasteiger partial charge in [0.1, 0.15) is 0 Å². The van der Waals surface area contributed by atoms with E-state index in [0.29, 0.717) is 31.5 Å². The third kappa shape index (κ3) is 2.14. The van der Waals surface area contributed by atoms with E-state index < -0.39 is 0 Å². The monoisotopic (exact) mass is 349 g/mol. The van der Waals surface area contributed by atoms with Crippen molar-refractivity contribution in [2.75, 3.05) is 13.1 Å². The van der Waals surface area contributed by atoms with Gasteiger partial charge in [-0.05, 0) is 37.1 Å². The van der Waals surface area contributed by atoms with Gasteiger partial charge in [-0.25, -0.2) is 0 Å². The van der Waals surface area contributed by atoms with Gasteiger partial charge in [0.05, 0.1) is 17.9 Å². The SMILES string of the molecule is O=C(c1ccc2[nH]ccc2c1)N1CC(N2C(=O)C3CC=CCC3C2=O)C1. The van der Waals surface area contributed by atoms with Crippen molar-refractivity contribution in [1.82, 2.24) is 14.8 Å². The molecule has 3 aliphatic rings. The molecule has 1 N–H and O–H groups in total. The molecule has 0 spiro atoms. The molecule has 2 atom stereocenters. The summed E-state index contributed by atoms with van der Waals surface area (Å²) in [4.78, 5) is 44.2. The van der Waals surface area contributed by atoms with E-state index in [1.807, 2.05) is 36.5 Å². The second kappa shape index (κ2) is 5.56. The molecular weight excluding hydrogens is 330 g/mol. The average molecular weight is 349 g/mol. The van der Waals surface area contributed by atoms with Crippen molar-refractivity contribution in [3.63, 3.8) is 0 Å². The zero-order chi connectivity index (χ0) is 17.8. The van der Waals surface area contributed by atoms with Crippen molar-refractivity contribution in [1.29, 1.82) is 0 Å². The number of H-pyrrole nitrogens is 1. The van der Waals surface area contributed by atoms with Crippen LogP contribution in [0.3, 0.4) is 0 Å². The lowest BCUT2D eigenvalue weighted by Gasteiger charge is -2.43.